The molecule has 0 spiro atoms. The quantitative estimate of drug-likeness (QED) is 0.246. The van der Waals surface area contributed by atoms with Crippen molar-refractivity contribution >= 4 is 47.2 Å². The summed E-state index contributed by atoms with van der Waals surface area (Å²) in [5.74, 6) is 0.239. The predicted octanol–water partition coefficient (Wildman–Crippen LogP) is 5.05. The molecule has 2 heterocycles. The van der Waals surface area contributed by atoms with Crippen molar-refractivity contribution < 1.29 is 33.0 Å². The van der Waals surface area contributed by atoms with Crippen molar-refractivity contribution in [1.82, 2.24) is 10.2 Å². The fraction of sp³-hybridized carbons (Fsp3) is 0.160. The number of benzene rings is 2. The Morgan fingerprint density at radius 3 is 2.56 bits per heavy atom. The van der Waals surface area contributed by atoms with Gasteiger partial charge in [-0.3, -0.25) is 9.69 Å². The van der Waals surface area contributed by atoms with Gasteiger partial charge in [0.25, 0.3) is 5.91 Å². The highest BCUT2D eigenvalue weighted by molar-refractivity contribution is 6.42. The van der Waals surface area contributed by atoms with E-state index in [9.17, 15) is 14.4 Å². The van der Waals surface area contributed by atoms with Gasteiger partial charge < -0.3 is 23.9 Å². The lowest BCUT2D eigenvalue weighted by molar-refractivity contribution is -0.123. The predicted molar refractivity (Wildman–Crippen MR) is 131 cm³/mol. The molecule has 2 aromatic carbocycles. The summed E-state index contributed by atoms with van der Waals surface area (Å²) in [4.78, 5) is 37.9. The van der Waals surface area contributed by atoms with Crippen LogP contribution in [0, 0.1) is 0 Å². The van der Waals surface area contributed by atoms with Crippen LogP contribution in [0.2, 0.25) is 10.0 Å². The first-order chi connectivity index (χ1) is 17.3. The number of rotatable bonds is 8. The average Bonchev–Trinajstić information content (AvgIpc) is 3.45. The van der Waals surface area contributed by atoms with Crippen LogP contribution in [0.3, 0.4) is 0 Å². The number of esters is 1. The highest BCUT2D eigenvalue weighted by Gasteiger charge is 2.33. The number of carbonyl (C=O) groups excluding carboxylic acids is 3. The molecule has 4 rings (SSSR count). The normalized spacial score (nSPS) is 14.2. The van der Waals surface area contributed by atoms with Gasteiger partial charge in [-0.25, -0.2) is 9.59 Å². The monoisotopic (exact) mass is 530 g/mol. The van der Waals surface area contributed by atoms with Gasteiger partial charge in [-0.1, -0.05) is 35.3 Å². The molecule has 1 aliphatic rings. The molecular formula is C25H20Cl2N2O7. The molecule has 1 aliphatic heterocycles. The minimum atomic E-state index is -0.583. The Bertz CT molecular complexity index is 1370. The summed E-state index contributed by atoms with van der Waals surface area (Å²) in [6, 6.07) is 12.5. The largest absolute Gasteiger partial charge is 0.493 e. The molecule has 1 saturated heterocycles. The molecule has 11 heteroatoms. The standard InChI is InChI=1S/C25H20Cl2N2O7/c1-33-22-11-14(4-7-20(22)35-13-16-5-8-21(36-16)24(31)34-2)10-19-23(30)29(25(32)28-19)12-15-3-6-17(26)18(27)9-15/h3-11H,12-13H2,1-2H3,(H,28,32). The molecule has 36 heavy (non-hydrogen) atoms. The number of carbonyl (C=O) groups is 3. The van der Waals surface area contributed by atoms with E-state index in [1.807, 2.05) is 0 Å². The van der Waals surface area contributed by atoms with Gasteiger partial charge in [0.2, 0.25) is 5.76 Å². The number of urea groups is 1. The number of hydrogen-bond donors (Lipinski definition) is 1. The number of amides is 3. The second kappa shape index (κ2) is 10.8. The van der Waals surface area contributed by atoms with E-state index in [-0.39, 0.29) is 24.6 Å². The molecule has 9 nitrogen and oxygen atoms in total. The number of nitrogens with one attached hydrogen (secondary N) is 1. The van der Waals surface area contributed by atoms with E-state index in [1.165, 1.54) is 26.4 Å². The molecule has 186 valence electrons. The zero-order valence-electron chi connectivity index (χ0n) is 19.2. The van der Waals surface area contributed by atoms with Gasteiger partial charge in [-0.05, 0) is 53.6 Å². The van der Waals surface area contributed by atoms with Crippen molar-refractivity contribution in [3.63, 3.8) is 0 Å². The number of furan rings is 1. The Balaban J connectivity index is 1.46. The topological polar surface area (TPSA) is 107 Å². The first-order valence-corrected chi connectivity index (χ1v) is 11.3. The zero-order chi connectivity index (χ0) is 25.8. The fourth-order valence-corrected chi connectivity index (χ4v) is 3.73. The molecule has 3 amide bonds. The fourth-order valence-electron chi connectivity index (χ4n) is 3.41. The molecule has 3 aromatic rings. The van der Waals surface area contributed by atoms with Crippen molar-refractivity contribution in [1.29, 1.82) is 0 Å². The average molecular weight is 531 g/mol. The maximum Gasteiger partial charge on any atom is 0.373 e. The highest BCUT2D eigenvalue weighted by atomic mass is 35.5. The van der Waals surface area contributed by atoms with E-state index in [4.69, 9.17) is 37.1 Å². The molecule has 0 atom stereocenters. The first kappa shape index (κ1) is 25.2. The summed E-state index contributed by atoms with van der Waals surface area (Å²) in [7, 11) is 2.74. The molecule has 0 unspecified atom stereocenters. The van der Waals surface area contributed by atoms with Gasteiger partial charge in [0.1, 0.15) is 18.1 Å². The van der Waals surface area contributed by atoms with Crippen molar-refractivity contribution in [3.05, 3.63) is 86.9 Å². The van der Waals surface area contributed by atoms with Crippen LogP contribution in [0.25, 0.3) is 6.08 Å². The summed E-state index contributed by atoms with van der Waals surface area (Å²) >= 11 is 12.0. The lowest BCUT2D eigenvalue weighted by atomic mass is 10.1. The summed E-state index contributed by atoms with van der Waals surface area (Å²) < 4.78 is 21.2. The molecule has 0 radical (unpaired) electrons. The van der Waals surface area contributed by atoms with Crippen molar-refractivity contribution in [3.8, 4) is 11.5 Å². The zero-order valence-corrected chi connectivity index (χ0v) is 20.7. The highest BCUT2D eigenvalue weighted by Crippen LogP contribution is 2.30. The maximum atomic E-state index is 12.8. The Morgan fingerprint density at radius 2 is 1.83 bits per heavy atom. The SMILES string of the molecule is COC(=O)c1ccc(COc2ccc(C=C3NC(=O)N(Cc4ccc(Cl)c(Cl)c4)C3=O)cc2OC)o1. The van der Waals surface area contributed by atoms with Gasteiger partial charge in [-0.15, -0.1) is 0 Å². The summed E-state index contributed by atoms with van der Waals surface area (Å²) in [5, 5.41) is 3.30. The van der Waals surface area contributed by atoms with Gasteiger partial charge in [0, 0.05) is 0 Å². The maximum absolute atomic E-state index is 12.8. The number of hydrogen-bond acceptors (Lipinski definition) is 7. The van der Waals surface area contributed by atoms with Gasteiger partial charge in [0.15, 0.2) is 11.5 Å². The number of imide groups is 1. The lowest BCUT2D eigenvalue weighted by Crippen LogP contribution is -2.30. The Hall–Kier alpha value is -3.95. The number of halogens is 2. The first-order valence-electron chi connectivity index (χ1n) is 10.6. The Kier molecular flexibility index (Phi) is 7.52. The smallest absolute Gasteiger partial charge is 0.373 e. The van der Waals surface area contributed by atoms with Crippen LogP contribution in [0.5, 0.6) is 11.5 Å². The van der Waals surface area contributed by atoms with E-state index in [0.29, 0.717) is 38.4 Å². The third-order valence-electron chi connectivity index (χ3n) is 5.20. The molecule has 0 aliphatic carbocycles. The second-order valence-electron chi connectivity index (χ2n) is 7.58. The van der Waals surface area contributed by atoms with Crippen molar-refractivity contribution in [2.24, 2.45) is 0 Å². The lowest BCUT2D eigenvalue weighted by Gasteiger charge is -2.12. The van der Waals surface area contributed by atoms with Crippen LogP contribution >= 0.6 is 23.2 Å². The van der Waals surface area contributed by atoms with Crippen molar-refractivity contribution in [2.45, 2.75) is 13.2 Å². The number of methoxy groups -OCH3 is 2. The second-order valence-corrected chi connectivity index (χ2v) is 8.40. The van der Waals surface area contributed by atoms with Crippen LogP contribution < -0.4 is 14.8 Å². The van der Waals surface area contributed by atoms with Crippen molar-refractivity contribution in [2.75, 3.05) is 14.2 Å². The Morgan fingerprint density at radius 1 is 1.03 bits per heavy atom. The number of ether oxygens (including phenoxy) is 3. The minimum absolute atomic E-state index is 0.0411. The summed E-state index contributed by atoms with van der Waals surface area (Å²) in [6.45, 7) is 0.0888. The number of nitrogens with zero attached hydrogens (tertiary/aromatic N) is 1. The molecular weight excluding hydrogens is 511 g/mol. The van der Waals surface area contributed by atoms with Crippen LogP contribution in [-0.2, 0) is 22.7 Å². The van der Waals surface area contributed by atoms with Crippen LogP contribution in [0.15, 0.2) is 58.6 Å². The van der Waals surface area contributed by atoms with Gasteiger partial charge in [-0.2, -0.15) is 0 Å². The van der Waals surface area contributed by atoms with E-state index in [2.05, 4.69) is 10.1 Å². The van der Waals surface area contributed by atoms with E-state index in [1.54, 1.807) is 42.5 Å². The van der Waals surface area contributed by atoms with E-state index in [0.717, 1.165) is 4.90 Å². The Labute approximate surface area is 216 Å². The molecule has 0 saturated carbocycles. The van der Waals surface area contributed by atoms with Crippen LogP contribution in [-0.4, -0.2) is 37.0 Å². The molecule has 0 bridgehead atoms. The van der Waals surface area contributed by atoms with Gasteiger partial charge >= 0.3 is 12.0 Å². The third-order valence-corrected chi connectivity index (χ3v) is 5.94. The molecule has 1 N–H and O–H groups in total. The molecule has 1 aromatic heterocycles. The minimum Gasteiger partial charge on any atom is -0.493 e. The van der Waals surface area contributed by atoms with E-state index < -0.39 is 17.9 Å². The van der Waals surface area contributed by atoms with Crippen LogP contribution in [0.4, 0.5) is 4.79 Å². The van der Waals surface area contributed by atoms with E-state index >= 15 is 0 Å². The van der Waals surface area contributed by atoms with Gasteiger partial charge in [0.05, 0.1) is 30.8 Å². The third kappa shape index (κ3) is 5.48. The molecule has 1 fully saturated rings. The summed E-state index contributed by atoms with van der Waals surface area (Å²) in [5.41, 5.74) is 1.37. The van der Waals surface area contributed by atoms with Crippen LogP contribution in [0.1, 0.15) is 27.4 Å². The summed E-state index contributed by atoms with van der Waals surface area (Å²) in [6.07, 6.45) is 1.54.